The largest absolute Gasteiger partial charge is 0.479 e. The van der Waals surface area contributed by atoms with E-state index in [9.17, 15) is 9.90 Å². The molecule has 0 aromatic carbocycles. The molecule has 1 atom stereocenters. The molecule has 0 bridgehead atoms. The zero-order chi connectivity index (χ0) is 14.4. The van der Waals surface area contributed by atoms with Gasteiger partial charge >= 0.3 is 5.97 Å². The maximum atomic E-state index is 10.6. The smallest absolute Gasteiger partial charge is 0.332 e. The van der Waals surface area contributed by atoms with Crippen molar-refractivity contribution < 1.29 is 19.7 Å². The van der Waals surface area contributed by atoms with E-state index in [1.165, 1.54) is 32.1 Å². The lowest BCUT2D eigenvalue weighted by atomic mass is 9.83. The summed E-state index contributed by atoms with van der Waals surface area (Å²) in [4.78, 5) is 10.6. The van der Waals surface area contributed by atoms with Gasteiger partial charge in [0, 0.05) is 6.61 Å². The lowest BCUT2D eigenvalue weighted by Gasteiger charge is -2.31. The summed E-state index contributed by atoms with van der Waals surface area (Å²) in [6, 6.07) is 0. The van der Waals surface area contributed by atoms with Gasteiger partial charge in [-0.25, -0.2) is 4.79 Å². The summed E-state index contributed by atoms with van der Waals surface area (Å²) in [7, 11) is 0. The number of carbonyl (C=O) groups is 1. The first-order chi connectivity index (χ1) is 9.65. The number of rotatable bonds is 6. The zero-order valence-corrected chi connectivity index (χ0v) is 12.3. The number of carboxylic acids is 1. The number of aliphatic hydroxyl groups excluding tert-OH is 1. The highest BCUT2D eigenvalue weighted by molar-refractivity contribution is 5.71. The number of aliphatic hydroxyl groups is 1. The van der Waals surface area contributed by atoms with E-state index in [1.54, 1.807) is 0 Å². The summed E-state index contributed by atoms with van der Waals surface area (Å²) in [5.41, 5.74) is 0. The topological polar surface area (TPSA) is 66.8 Å². The van der Waals surface area contributed by atoms with Gasteiger partial charge in [0.25, 0.3) is 0 Å². The molecule has 2 saturated carbocycles. The highest BCUT2D eigenvalue weighted by Crippen LogP contribution is 2.31. The normalized spacial score (nSPS) is 30.1. The van der Waals surface area contributed by atoms with Crippen molar-refractivity contribution in [2.75, 3.05) is 6.61 Å². The van der Waals surface area contributed by atoms with E-state index < -0.39 is 12.1 Å². The Bertz CT molecular complexity index is 291. The molecule has 0 saturated heterocycles. The number of ether oxygens (including phenoxy) is 1. The van der Waals surface area contributed by atoms with Crippen molar-refractivity contribution >= 4 is 5.97 Å². The molecule has 0 radical (unpaired) electrons. The van der Waals surface area contributed by atoms with E-state index in [0.717, 1.165) is 38.2 Å². The molecule has 1 unspecified atom stereocenters. The lowest BCUT2D eigenvalue weighted by molar-refractivity contribution is -0.147. The summed E-state index contributed by atoms with van der Waals surface area (Å²) in [5.74, 6) is 0.00612. The highest BCUT2D eigenvalue weighted by atomic mass is 16.5. The molecule has 0 spiro atoms. The summed E-state index contributed by atoms with van der Waals surface area (Å²) in [5, 5.41) is 18.1. The number of hydrogen-bond acceptors (Lipinski definition) is 3. The molecule has 116 valence electrons. The molecule has 0 aromatic rings. The minimum absolute atomic E-state index is 0.343. The molecular weight excluding hydrogens is 256 g/mol. The molecule has 2 aliphatic carbocycles. The van der Waals surface area contributed by atoms with E-state index in [0.29, 0.717) is 18.4 Å². The van der Waals surface area contributed by atoms with Gasteiger partial charge in [-0.3, -0.25) is 0 Å². The van der Waals surface area contributed by atoms with Crippen molar-refractivity contribution in [3.63, 3.8) is 0 Å². The molecule has 20 heavy (non-hydrogen) atoms. The Balaban J connectivity index is 1.60. The van der Waals surface area contributed by atoms with E-state index in [-0.39, 0.29) is 0 Å². The minimum atomic E-state index is -1.19. The zero-order valence-electron chi connectivity index (χ0n) is 12.3. The average Bonchev–Trinajstić information content (AvgIpc) is 2.47. The fraction of sp³-hybridized carbons (Fsp3) is 0.938. The van der Waals surface area contributed by atoms with Gasteiger partial charge in [0.15, 0.2) is 6.10 Å². The van der Waals surface area contributed by atoms with Gasteiger partial charge in [-0.2, -0.15) is 0 Å². The molecule has 2 fully saturated rings. The minimum Gasteiger partial charge on any atom is -0.479 e. The third kappa shape index (κ3) is 5.06. The van der Waals surface area contributed by atoms with Crippen LogP contribution in [-0.4, -0.2) is 35.0 Å². The molecule has 0 aromatic heterocycles. The van der Waals surface area contributed by atoms with Gasteiger partial charge in [0.2, 0.25) is 0 Å². The van der Waals surface area contributed by atoms with Crippen LogP contribution in [0.15, 0.2) is 0 Å². The second kappa shape index (κ2) is 7.99. The van der Waals surface area contributed by atoms with Crippen LogP contribution in [0, 0.1) is 11.8 Å². The molecule has 4 nitrogen and oxygen atoms in total. The predicted octanol–water partition coefficient (Wildman–Crippen LogP) is 2.98. The summed E-state index contributed by atoms with van der Waals surface area (Å²) < 4.78 is 6.04. The van der Waals surface area contributed by atoms with Gasteiger partial charge < -0.3 is 14.9 Å². The number of carboxylic acid groups (broad SMARTS) is 1. The first kappa shape index (κ1) is 15.8. The maximum Gasteiger partial charge on any atom is 0.332 e. The third-order valence-electron chi connectivity index (χ3n) is 4.93. The quantitative estimate of drug-likeness (QED) is 0.787. The van der Waals surface area contributed by atoms with Crippen molar-refractivity contribution in [2.24, 2.45) is 11.8 Å². The summed E-state index contributed by atoms with van der Waals surface area (Å²) >= 11 is 0. The Morgan fingerprint density at radius 3 is 2.25 bits per heavy atom. The summed E-state index contributed by atoms with van der Waals surface area (Å²) in [6.07, 6.45) is 10.3. The van der Waals surface area contributed by atoms with Gasteiger partial charge in [-0.15, -0.1) is 0 Å². The van der Waals surface area contributed by atoms with Gasteiger partial charge in [0.05, 0.1) is 6.10 Å². The molecule has 0 aliphatic heterocycles. The molecule has 2 aliphatic rings. The second-order valence-electron chi connectivity index (χ2n) is 6.57. The van der Waals surface area contributed by atoms with Crippen LogP contribution in [-0.2, 0) is 9.53 Å². The van der Waals surface area contributed by atoms with E-state index in [1.807, 2.05) is 0 Å². The number of hydrogen-bond donors (Lipinski definition) is 2. The van der Waals surface area contributed by atoms with E-state index >= 15 is 0 Å². The van der Waals surface area contributed by atoms with Crippen molar-refractivity contribution in [2.45, 2.75) is 76.4 Å². The fourth-order valence-electron chi connectivity index (χ4n) is 3.58. The fourth-order valence-corrected chi connectivity index (χ4v) is 3.58. The van der Waals surface area contributed by atoms with Gasteiger partial charge in [-0.1, -0.05) is 19.3 Å². The Kier molecular flexibility index (Phi) is 6.30. The van der Waals surface area contributed by atoms with Crippen LogP contribution in [0.3, 0.4) is 0 Å². The Morgan fingerprint density at radius 1 is 1.00 bits per heavy atom. The van der Waals surface area contributed by atoms with Crippen LogP contribution in [0.1, 0.15) is 64.2 Å². The first-order valence-electron chi connectivity index (χ1n) is 8.17. The van der Waals surface area contributed by atoms with Crippen LogP contribution in [0.4, 0.5) is 0 Å². The predicted molar refractivity (Wildman–Crippen MR) is 76.5 cm³/mol. The Labute approximate surface area is 121 Å². The molecule has 2 rings (SSSR count). The summed E-state index contributed by atoms with van der Waals surface area (Å²) in [6.45, 7) is 0.910. The monoisotopic (exact) mass is 284 g/mol. The molecule has 0 amide bonds. The van der Waals surface area contributed by atoms with E-state index in [4.69, 9.17) is 9.84 Å². The van der Waals surface area contributed by atoms with E-state index in [2.05, 4.69) is 0 Å². The van der Waals surface area contributed by atoms with Gasteiger partial charge in [0.1, 0.15) is 0 Å². The molecule has 2 N–H and O–H groups in total. The highest BCUT2D eigenvalue weighted by Gasteiger charge is 2.26. The van der Waals surface area contributed by atoms with Crippen molar-refractivity contribution in [1.29, 1.82) is 0 Å². The molecule has 4 heteroatoms. The first-order valence-corrected chi connectivity index (χ1v) is 8.17. The van der Waals surface area contributed by atoms with Crippen LogP contribution in [0.25, 0.3) is 0 Å². The SMILES string of the molecule is O=C(O)C(O)CC1CCC(OCC2CCCCC2)CC1. The standard InChI is InChI=1S/C16H28O4/c17-15(16(18)19)10-12-6-8-14(9-7-12)20-11-13-4-2-1-3-5-13/h12-15,17H,1-11H2,(H,18,19). The second-order valence-corrected chi connectivity index (χ2v) is 6.57. The Hall–Kier alpha value is -0.610. The van der Waals surface area contributed by atoms with Crippen LogP contribution >= 0.6 is 0 Å². The Morgan fingerprint density at radius 2 is 1.65 bits per heavy atom. The van der Waals surface area contributed by atoms with Crippen molar-refractivity contribution in [3.05, 3.63) is 0 Å². The lowest BCUT2D eigenvalue weighted by Crippen LogP contribution is -2.28. The maximum absolute atomic E-state index is 10.6. The van der Waals surface area contributed by atoms with Crippen LogP contribution < -0.4 is 0 Å². The van der Waals surface area contributed by atoms with Gasteiger partial charge in [-0.05, 0) is 56.8 Å². The van der Waals surface area contributed by atoms with Crippen LogP contribution in [0.2, 0.25) is 0 Å². The molecule has 0 heterocycles. The van der Waals surface area contributed by atoms with Crippen molar-refractivity contribution in [3.8, 4) is 0 Å². The third-order valence-corrected chi connectivity index (χ3v) is 4.93. The van der Waals surface area contributed by atoms with Crippen molar-refractivity contribution in [1.82, 2.24) is 0 Å². The average molecular weight is 284 g/mol. The number of aliphatic carboxylic acids is 1. The van der Waals surface area contributed by atoms with Crippen LogP contribution in [0.5, 0.6) is 0 Å². The molecular formula is C16H28O4.